The third-order valence-corrected chi connectivity index (χ3v) is 5.09. The smallest absolute Gasteiger partial charge is 0.320 e. The predicted octanol–water partition coefficient (Wildman–Crippen LogP) is 2.24. The zero-order valence-electron chi connectivity index (χ0n) is 13.7. The van der Waals surface area contributed by atoms with Gasteiger partial charge in [0, 0.05) is 19.0 Å². The summed E-state index contributed by atoms with van der Waals surface area (Å²) in [4.78, 5) is 27.8. The predicted molar refractivity (Wildman–Crippen MR) is 88.2 cm³/mol. The molecule has 0 bridgehead atoms. The van der Waals surface area contributed by atoms with Gasteiger partial charge in [-0.2, -0.15) is 0 Å². The van der Waals surface area contributed by atoms with Crippen molar-refractivity contribution >= 4 is 24.3 Å². The zero-order chi connectivity index (χ0) is 15.4. The van der Waals surface area contributed by atoms with Gasteiger partial charge < -0.3 is 10.0 Å². The fourth-order valence-electron chi connectivity index (χ4n) is 3.53. The number of carbonyl (C=O) groups excluding carboxylic acids is 1. The summed E-state index contributed by atoms with van der Waals surface area (Å²) >= 11 is 0. The molecule has 2 rings (SSSR count). The van der Waals surface area contributed by atoms with Crippen molar-refractivity contribution in [2.45, 2.75) is 52.0 Å². The van der Waals surface area contributed by atoms with Crippen molar-refractivity contribution in [1.29, 1.82) is 0 Å². The van der Waals surface area contributed by atoms with Gasteiger partial charge in [-0.25, -0.2) is 0 Å². The lowest BCUT2D eigenvalue weighted by atomic mass is 9.92. The summed E-state index contributed by atoms with van der Waals surface area (Å²) in [6, 6.07) is -0.392. The van der Waals surface area contributed by atoms with Gasteiger partial charge in [0.2, 0.25) is 5.91 Å². The van der Waals surface area contributed by atoms with Crippen LogP contribution < -0.4 is 0 Å². The molecule has 2 heterocycles. The second-order valence-electron chi connectivity index (χ2n) is 6.58. The number of aliphatic carboxylic acids is 1. The Morgan fingerprint density at radius 1 is 1.09 bits per heavy atom. The molecule has 128 valence electrons. The van der Waals surface area contributed by atoms with E-state index >= 15 is 0 Å². The van der Waals surface area contributed by atoms with E-state index in [1.807, 2.05) is 16.7 Å². The number of carbonyl (C=O) groups is 2. The first-order chi connectivity index (χ1) is 10.0. The first kappa shape index (κ1) is 19.2. The molecular formula is C16H29ClN2O3. The molecule has 0 aromatic heterocycles. The molecule has 1 amide bonds. The Kier molecular flexibility index (Phi) is 7.63. The number of rotatable bonds is 4. The number of hydrogen-bond donors (Lipinski definition) is 1. The van der Waals surface area contributed by atoms with Gasteiger partial charge in [-0.05, 0) is 51.1 Å². The van der Waals surface area contributed by atoms with Crippen molar-refractivity contribution in [2.75, 3.05) is 26.2 Å². The number of halogens is 1. The van der Waals surface area contributed by atoms with Crippen molar-refractivity contribution in [3.63, 3.8) is 0 Å². The number of hydrogen-bond acceptors (Lipinski definition) is 3. The van der Waals surface area contributed by atoms with Gasteiger partial charge in [-0.1, -0.05) is 13.8 Å². The first-order valence-electron chi connectivity index (χ1n) is 8.28. The Hall–Kier alpha value is -0.810. The highest BCUT2D eigenvalue weighted by Crippen LogP contribution is 2.25. The second-order valence-corrected chi connectivity index (χ2v) is 6.58. The van der Waals surface area contributed by atoms with Crippen LogP contribution in [0.3, 0.4) is 0 Å². The number of amides is 1. The molecule has 0 aromatic rings. The summed E-state index contributed by atoms with van der Waals surface area (Å²) in [6.07, 6.45) is 4.45. The Labute approximate surface area is 139 Å². The Morgan fingerprint density at radius 2 is 1.64 bits per heavy atom. The number of likely N-dealkylation sites (tertiary alicyclic amines) is 2. The van der Waals surface area contributed by atoms with Crippen molar-refractivity contribution in [3.8, 4) is 0 Å². The van der Waals surface area contributed by atoms with Crippen molar-refractivity contribution < 1.29 is 14.7 Å². The van der Waals surface area contributed by atoms with E-state index in [-0.39, 0.29) is 18.3 Å². The molecule has 2 saturated heterocycles. The Morgan fingerprint density at radius 3 is 2.09 bits per heavy atom. The van der Waals surface area contributed by atoms with Crippen LogP contribution in [0, 0.1) is 11.8 Å². The van der Waals surface area contributed by atoms with Crippen LogP contribution in [0.25, 0.3) is 0 Å². The maximum atomic E-state index is 12.5. The van der Waals surface area contributed by atoms with Gasteiger partial charge in [-0.15, -0.1) is 12.4 Å². The van der Waals surface area contributed by atoms with Crippen LogP contribution in [0.4, 0.5) is 0 Å². The van der Waals surface area contributed by atoms with Crippen LogP contribution in [0.1, 0.15) is 46.0 Å². The van der Waals surface area contributed by atoms with Crippen molar-refractivity contribution in [1.82, 2.24) is 9.80 Å². The van der Waals surface area contributed by atoms with Crippen LogP contribution in [-0.2, 0) is 9.59 Å². The minimum absolute atomic E-state index is 0. The normalized spacial score (nSPS) is 22.9. The van der Waals surface area contributed by atoms with E-state index in [4.69, 9.17) is 0 Å². The lowest BCUT2D eigenvalue weighted by Gasteiger charge is -2.38. The van der Waals surface area contributed by atoms with E-state index < -0.39 is 12.0 Å². The molecule has 0 spiro atoms. The fraction of sp³-hybridized carbons (Fsp3) is 0.875. The first-order valence-corrected chi connectivity index (χ1v) is 8.28. The van der Waals surface area contributed by atoms with Crippen LogP contribution in [0.5, 0.6) is 0 Å². The number of piperidine rings is 2. The zero-order valence-corrected chi connectivity index (χ0v) is 14.5. The van der Waals surface area contributed by atoms with Gasteiger partial charge in [0.05, 0.1) is 0 Å². The molecule has 0 aromatic carbocycles. The molecule has 22 heavy (non-hydrogen) atoms. The summed E-state index contributed by atoms with van der Waals surface area (Å²) in [5, 5.41) is 9.21. The molecular weight excluding hydrogens is 304 g/mol. The lowest BCUT2D eigenvalue weighted by Crippen LogP contribution is -2.49. The summed E-state index contributed by atoms with van der Waals surface area (Å²) in [7, 11) is 0. The molecule has 0 radical (unpaired) electrons. The maximum absolute atomic E-state index is 12.5. The number of carboxylic acids is 1. The molecule has 2 fully saturated rings. The van der Waals surface area contributed by atoms with Crippen LogP contribution >= 0.6 is 12.4 Å². The molecule has 0 saturated carbocycles. The third kappa shape index (κ3) is 4.59. The number of carboxylic acid groups (broad SMARTS) is 1. The van der Waals surface area contributed by atoms with Gasteiger partial charge >= 0.3 is 5.97 Å². The average molecular weight is 333 g/mol. The molecule has 2 aliphatic heterocycles. The second kappa shape index (κ2) is 8.73. The van der Waals surface area contributed by atoms with E-state index in [2.05, 4.69) is 6.92 Å². The standard InChI is InChI=1S/C16H28N2O3.ClH/c1-3-14(16(20)21)17-10-6-13(7-11-17)15(19)18-8-4-12(2)5-9-18;/h12-14H,3-11H2,1-2H3,(H,20,21);1H. The lowest BCUT2D eigenvalue weighted by molar-refractivity contribution is -0.145. The molecule has 1 unspecified atom stereocenters. The maximum Gasteiger partial charge on any atom is 0.320 e. The van der Waals surface area contributed by atoms with Crippen LogP contribution in [-0.4, -0.2) is 59.0 Å². The largest absolute Gasteiger partial charge is 0.480 e. The van der Waals surface area contributed by atoms with E-state index in [1.165, 1.54) is 0 Å². The highest BCUT2D eigenvalue weighted by atomic mass is 35.5. The van der Waals surface area contributed by atoms with E-state index in [0.29, 0.717) is 12.3 Å². The third-order valence-electron chi connectivity index (χ3n) is 5.09. The van der Waals surface area contributed by atoms with Crippen molar-refractivity contribution in [2.24, 2.45) is 11.8 Å². The molecule has 0 aliphatic carbocycles. The highest BCUT2D eigenvalue weighted by molar-refractivity contribution is 5.85. The van der Waals surface area contributed by atoms with E-state index in [9.17, 15) is 14.7 Å². The summed E-state index contributed by atoms with van der Waals surface area (Å²) in [5.74, 6) is 0.384. The molecule has 1 N–H and O–H groups in total. The monoisotopic (exact) mass is 332 g/mol. The van der Waals surface area contributed by atoms with Gasteiger partial charge in [-0.3, -0.25) is 14.5 Å². The quantitative estimate of drug-likeness (QED) is 0.857. The molecule has 2 aliphatic rings. The van der Waals surface area contributed by atoms with E-state index in [0.717, 1.165) is 57.8 Å². The molecule has 5 nitrogen and oxygen atoms in total. The van der Waals surface area contributed by atoms with Gasteiger partial charge in [0.1, 0.15) is 6.04 Å². The van der Waals surface area contributed by atoms with Gasteiger partial charge in [0.15, 0.2) is 0 Å². The SMILES string of the molecule is CCC(C(=O)O)N1CCC(C(=O)N2CCC(C)CC2)CC1.Cl. The average Bonchev–Trinajstić information content (AvgIpc) is 2.48. The molecule has 1 atom stereocenters. The van der Waals surface area contributed by atoms with Crippen molar-refractivity contribution in [3.05, 3.63) is 0 Å². The minimum atomic E-state index is -0.743. The minimum Gasteiger partial charge on any atom is -0.480 e. The van der Waals surface area contributed by atoms with Crippen LogP contribution in [0.15, 0.2) is 0 Å². The number of nitrogens with zero attached hydrogens (tertiary/aromatic N) is 2. The highest BCUT2D eigenvalue weighted by Gasteiger charge is 2.33. The Bertz CT molecular complexity index is 376. The summed E-state index contributed by atoms with van der Waals surface area (Å²) in [5.41, 5.74) is 0. The van der Waals surface area contributed by atoms with Crippen LogP contribution in [0.2, 0.25) is 0 Å². The summed E-state index contributed by atoms with van der Waals surface area (Å²) < 4.78 is 0. The Balaban J connectivity index is 0.00000242. The van der Waals surface area contributed by atoms with E-state index in [1.54, 1.807) is 0 Å². The molecule has 6 heteroatoms. The van der Waals surface area contributed by atoms with Gasteiger partial charge in [0.25, 0.3) is 0 Å². The fourth-order valence-corrected chi connectivity index (χ4v) is 3.53. The summed E-state index contributed by atoms with van der Waals surface area (Å²) in [6.45, 7) is 7.40. The topological polar surface area (TPSA) is 60.9 Å².